The van der Waals surface area contributed by atoms with Crippen molar-refractivity contribution < 1.29 is 37.7 Å². The van der Waals surface area contributed by atoms with Gasteiger partial charge in [-0.1, -0.05) is 33.9 Å². The lowest BCUT2D eigenvalue weighted by molar-refractivity contribution is -0.131. The third-order valence-electron chi connectivity index (χ3n) is 5.84. The summed E-state index contributed by atoms with van der Waals surface area (Å²) < 4.78 is 33.9. The molecule has 8 nitrogen and oxygen atoms in total. The van der Waals surface area contributed by atoms with Gasteiger partial charge < -0.3 is 28.1 Å². The molecule has 0 aliphatic carbocycles. The molecule has 0 atom stereocenters. The van der Waals surface area contributed by atoms with Gasteiger partial charge in [-0.25, -0.2) is 0 Å². The first-order valence-corrected chi connectivity index (χ1v) is 14.5. The number of ether oxygens (including phenoxy) is 5. The Hall–Kier alpha value is -3.46. The number of rotatable bonds is 8. The van der Waals surface area contributed by atoms with Crippen LogP contribution in [0.4, 0.5) is 0 Å². The highest BCUT2D eigenvalue weighted by Gasteiger charge is 2.35. The topological polar surface area (TPSA) is 93.4 Å². The van der Waals surface area contributed by atoms with Crippen molar-refractivity contribution in [2.45, 2.75) is 46.2 Å². The van der Waals surface area contributed by atoms with Crippen LogP contribution in [0.15, 0.2) is 22.6 Å². The molecule has 0 radical (unpaired) electrons. The molecule has 0 aliphatic heterocycles. The quantitative estimate of drug-likeness (QED) is 0.186. The van der Waals surface area contributed by atoms with Crippen molar-refractivity contribution in [1.82, 2.24) is 0 Å². The van der Waals surface area contributed by atoms with Gasteiger partial charge in [0.15, 0.2) is 28.6 Å². The van der Waals surface area contributed by atoms with Crippen LogP contribution in [0.5, 0.6) is 28.7 Å². The van der Waals surface area contributed by atoms with Gasteiger partial charge in [-0.05, 0) is 23.4 Å². The number of methoxy groups -OCH3 is 4. The Morgan fingerprint density at radius 2 is 1.36 bits per heavy atom. The average Bonchev–Trinajstić information content (AvgIpc) is 3.23. The van der Waals surface area contributed by atoms with Crippen LogP contribution < -0.4 is 28.9 Å². The summed E-state index contributed by atoms with van der Waals surface area (Å²) in [6.07, 6.45) is 0. The van der Waals surface area contributed by atoms with E-state index < -0.39 is 20.2 Å². The number of carbonyl (C=O) groups is 2. The predicted molar refractivity (Wildman–Crippen MR) is 141 cm³/mol. The van der Waals surface area contributed by atoms with Gasteiger partial charge in [-0.3, -0.25) is 9.59 Å². The minimum atomic E-state index is -1.53. The summed E-state index contributed by atoms with van der Waals surface area (Å²) in [6, 6.07) is 5.10. The van der Waals surface area contributed by atoms with Gasteiger partial charge in [0.2, 0.25) is 11.5 Å². The maximum atomic E-state index is 14.3. The average molecular weight is 515 g/mol. The first-order chi connectivity index (χ1) is 16.9. The van der Waals surface area contributed by atoms with Crippen molar-refractivity contribution in [3.8, 4) is 28.7 Å². The number of furan rings is 1. The number of carbonyl (C=O) groups excluding carboxylic acids is 2. The first-order valence-electron chi connectivity index (χ1n) is 11.6. The minimum Gasteiger partial charge on any atom is -0.493 e. The lowest BCUT2D eigenvalue weighted by Gasteiger charge is -2.18. The molecule has 0 amide bonds. The Labute approximate surface area is 213 Å². The smallest absolute Gasteiger partial charge is 0.308 e. The molecule has 1 aromatic heterocycles. The molecule has 194 valence electrons. The zero-order valence-electron chi connectivity index (χ0n) is 22.6. The van der Waals surface area contributed by atoms with E-state index in [1.807, 2.05) is 26.8 Å². The van der Waals surface area contributed by atoms with E-state index in [2.05, 4.69) is 13.1 Å². The molecule has 0 N–H and O–H groups in total. The molecule has 9 heteroatoms. The van der Waals surface area contributed by atoms with Crippen LogP contribution in [0, 0.1) is 0 Å². The zero-order valence-corrected chi connectivity index (χ0v) is 23.7. The van der Waals surface area contributed by atoms with Crippen molar-refractivity contribution >= 4 is 36.7 Å². The van der Waals surface area contributed by atoms with Crippen LogP contribution in [-0.2, 0) is 10.2 Å². The molecule has 0 unspecified atom stereocenters. The van der Waals surface area contributed by atoms with Gasteiger partial charge in [0, 0.05) is 23.3 Å². The summed E-state index contributed by atoms with van der Waals surface area (Å²) in [7, 11) is 4.49. The molecule has 2 aromatic carbocycles. The molecule has 0 saturated heterocycles. The molecule has 0 bridgehead atoms. The second-order valence-corrected chi connectivity index (χ2v) is 12.7. The summed E-state index contributed by atoms with van der Waals surface area (Å²) >= 11 is 0. The summed E-state index contributed by atoms with van der Waals surface area (Å²) in [5.41, 5.74) is 0.542. The van der Waals surface area contributed by atoms with E-state index in [4.69, 9.17) is 28.1 Å². The Bertz CT molecular complexity index is 1290. The predicted octanol–water partition coefficient (Wildman–Crippen LogP) is 4.61. The molecule has 0 spiro atoms. The molecule has 3 rings (SSSR count). The van der Waals surface area contributed by atoms with Crippen LogP contribution >= 0.6 is 0 Å². The van der Waals surface area contributed by atoms with Gasteiger partial charge in [-0.2, -0.15) is 0 Å². The van der Waals surface area contributed by atoms with E-state index in [-0.39, 0.29) is 11.5 Å². The van der Waals surface area contributed by atoms with E-state index in [1.165, 1.54) is 35.4 Å². The lowest BCUT2D eigenvalue weighted by atomic mass is 9.87. The first kappa shape index (κ1) is 27.1. The fraction of sp³-hybridized carbons (Fsp3) is 0.407. The zero-order chi connectivity index (χ0) is 26.9. The third-order valence-corrected chi connectivity index (χ3v) is 7.54. The van der Waals surface area contributed by atoms with Gasteiger partial charge >= 0.3 is 5.97 Å². The molecule has 3 aromatic rings. The van der Waals surface area contributed by atoms with Crippen molar-refractivity contribution in [3.05, 3.63) is 35.1 Å². The van der Waals surface area contributed by atoms with Crippen LogP contribution in [0.1, 0.15) is 49.4 Å². The van der Waals surface area contributed by atoms with Crippen LogP contribution in [0.3, 0.4) is 0 Å². The fourth-order valence-electron chi connectivity index (χ4n) is 4.21. The van der Waals surface area contributed by atoms with Gasteiger partial charge in [0.25, 0.3) is 0 Å². The molecular weight excluding hydrogens is 480 g/mol. The Balaban J connectivity index is 2.48. The summed E-state index contributed by atoms with van der Waals surface area (Å²) in [6.45, 7) is 11.5. The summed E-state index contributed by atoms with van der Waals surface area (Å²) in [4.78, 5) is 26.2. The second kappa shape index (κ2) is 10.3. The number of hydrogen-bond acceptors (Lipinski definition) is 8. The number of hydrogen-bond donors (Lipinski definition) is 0. The maximum Gasteiger partial charge on any atom is 0.308 e. The standard InChI is InChI=1S/C27H34O8Si/c1-14(28)34-24-18(32-7)13-19(36(9)10)20-21(26(27(2,3)4)35-25(20)24)22(29)15-11-16(30-5)23(33-8)17(12-15)31-6/h11-13,36H,1-10H3. The van der Waals surface area contributed by atoms with Crippen molar-refractivity contribution in [2.24, 2.45) is 0 Å². The molecule has 1 heterocycles. The van der Waals surface area contributed by atoms with E-state index in [0.29, 0.717) is 50.9 Å². The van der Waals surface area contributed by atoms with Crippen molar-refractivity contribution in [1.29, 1.82) is 0 Å². The van der Waals surface area contributed by atoms with E-state index >= 15 is 0 Å². The monoisotopic (exact) mass is 514 g/mol. The minimum absolute atomic E-state index is 0.160. The van der Waals surface area contributed by atoms with E-state index in [9.17, 15) is 9.59 Å². The summed E-state index contributed by atoms with van der Waals surface area (Å²) in [5.74, 6) is 1.36. The highest BCUT2D eigenvalue weighted by Crippen LogP contribution is 2.44. The van der Waals surface area contributed by atoms with Crippen LogP contribution in [-0.4, -0.2) is 49.0 Å². The largest absolute Gasteiger partial charge is 0.493 e. The lowest BCUT2D eigenvalue weighted by Crippen LogP contribution is -2.26. The second-order valence-electron chi connectivity index (χ2n) is 9.75. The van der Waals surface area contributed by atoms with Crippen molar-refractivity contribution in [3.63, 3.8) is 0 Å². The van der Waals surface area contributed by atoms with Crippen LogP contribution in [0.25, 0.3) is 11.0 Å². The number of fused-ring (bicyclic) bond motifs is 1. The Morgan fingerprint density at radius 3 is 1.78 bits per heavy atom. The van der Waals surface area contributed by atoms with E-state index in [1.54, 1.807) is 12.1 Å². The normalized spacial score (nSPS) is 11.5. The Morgan fingerprint density at radius 1 is 0.833 bits per heavy atom. The molecule has 0 fully saturated rings. The van der Waals surface area contributed by atoms with Crippen molar-refractivity contribution in [2.75, 3.05) is 28.4 Å². The number of esters is 1. The van der Waals surface area contributed by atoms with Gasteiger partial charge in [-0.15, -0.1) is 0 Å². The molecule has 0 aliphatic rings. The maximum absolute atomic E-state index is 14.3. The fourth-order valence-corrected chi connectivity index (χ4v) is 5.54. The van der Waals surface area contributed by atoms with Gasteiger partial charge in [0.05, 0.1) is 42.8 Å². The number of ketones is 1. The molecule has 36 heavy (non-hydrogen) atoms. The van der Waals surface area contributed by atoms with Gasteiger partial charge in [0.1, 0.15) is 5.76 Å². The van der Waals surface area contributed by atoms with E-state index in [0.717, 1.165) is 5.19 Å². The molecule has 0 saturated carbocycles. The third kappa shape index (κ3) is 4.80. The van der Waals surface area contributed by atoms with Crippen LogP contribution in [0.2, 0.25) is 13.1 Å². The summed E-state index contributed by atoms with van der Waals surface area (Å²) in [5, 5.41) is 1.60. The Kier molecular flexibility index (Phi) is 7.73. The highest BCUT2D eigenvalue weighted by atomic mass is 28.3. The molecular formula is C27H34O8Si. The highest BCUT2D eigenvalue weighted by molar-refractivity contribution is 6.73. The number of benzene rings is 2. The SMILES string of the molecule is COc1cc(C(=O)c2c(C(C)(C)C)oc3c(OC(C)=O)c(OC)cc([SiH](C)C)c23)cc(OC)c1OC.